The van der Waals surface area contributed by atoms with Gasteiger partial charge in [-0.05, 0) is 12.8 Å². The summed E-state index contributed by atoms with van der Waals surface area (Å²) in [6.07, 6.45) is 2.75. The second kappa shape index (κ2) is 5.64. The van der Waals surface area contributed by atoms with E-state index in [1.807, 2.05) is 0 Å². The third-order valence-corrected chi connectivity index (χ3v) is 3.17. The molecule has 1 aliphatic rings. The Morgan fingerprint density at radius 1 is 0.923 bits per heavy atom. The summed E-state index contributed by atoms with van der Waals surface area (Å²) in [5, 5.41) is 0. The summed E-state index contributed by atoms with van der Waals surface area (Å²) in [6.45, 7) is 7.46. The van der Waals surface area contributed by atoms with E-state index in [0.717, 1.165) is 11.8 Å². The minimum Gasteiger partial charge on any atom is -0.328 e. The van der Waals surface area contributed by atoms with Crippen LogP contribution in [0.3, 0.4) is 0 Å². The van der Waals surface area contributed by atoms with Crippen molar-refractivity contribution in [3.63, 3.8) is 0 Å². The van der Waals surface area contributed by atoms with Crippen LogP contribution in [0.4, 0.5) is 0 Å². The van der Waals surface area contributed by atoms with Crippen LogP contribution in [-0.2, 0) is 0 Å². The predicted octanol–water partition coefficient (Wildman–Crippen LogP) is 3.40. The molecule has 0 spiro atoms. The van der Waals surface area contributed by atoms with Crippen molar-refractivity contribution < 1.29 is 4.48 Å². The molecular weight excluding hydrogens is 158 g/mol. The fourth-order valence-corrected chi connectivity index (χ4v) is 2.57. The minimum atomic E-state index is 0. The molecule has 1 fully saturated rings. The van der Waals surface area contributed by atoms with Crippen LogP contribution in [-0.4, -0.2) is 31.7 Å². The monoisotopic (exact) mass is 188 g/mol. The quantitative estimate of drug-likeness (QED) is 0.583. The predicted molar refractivity (Wildman–Crippen MR) is 62.9 cm³/mol. The maximum Gasteiger partial charge on any atom is 0.0815 e. The lowest BCUT2D eigenvalue weighted by atomic mass is 9.92. The summed E-state index contributed by atoms with van der Waals surface area (Å²) in [5.41, 5.74) is 0. The van der Waals surface area contributed by atoms with E-state index in [-0.39, 0.29) is 14.9 Å². The van der Waals surface area contributed by atoms with E-state index in [9.17, 15) is 0 Å². The van der Waals surface area contributed by atoms with Gasteiger partial charge in [-0.3, -0.25) is 0 Å². The number of quaternary nitrogens is 1. The molecule has 1 saturated heterocycles. The Morgan fingerprint density at radius 3 is 1.46 bits per heavy atom. The van der Waals surface area contributed by atoms with Gasteiger partial charge in [0.25, 0.3) is 0 Å². The smallest absolute Gasteiger partial charge is 0.0815 e. The van der Waals surface area contributed by atoms with Crippen LogP contribution >= 0.6 is 0 Å². The Hall–Kier alpha value is -0.0400. The van der Waals surface area contributed by atoms with Gasteiger partial charge in [0.15, 0.2) is 0 Å². The van der Waals surface area contributed by atoms with Gasteiger partial charge in [-0.2, -0.15) is 0 Å². The maximum absolute atomic E-state index is 2.36. The van der Waals surface area contributed by atoms with Gasteiger partial charge in [-0.25, -0.2) is 0 Å². The Bertz CT molecular complexity index is 115. The third kappa shape index (κ3) is 3.68. The molecule has 1 rings (SSSR count). The first-order valence-corrected chi connectivity index (χ1v) is 4.91. The normalized spacial score (nSPS) is 30.5. The molecule has 2 atom stereocenters. The summed E-state index contributed by atoms with van der Waals surface area (Å²) in [5.74, 6) is 1.99. The van der Waals surface area contributed by atoms with Gasteiger partial charge < -0.3 is 4.48 Å². The van der Waals surface area contributed by atoms with Crippen molar-refractivity contribution >= 4 is 0 Å². The second-order valence-electron chi connectivity index (χ2n) is 4.64. The molecule has 2 unspecified atom stereocenters. The maximum atomic E-state index is 2.36. The van der Waals surface area contributed by atoms with Crippen molar-refractivity contribution in [3.05, 3.63) is 0 Å². The summed E-state index contributed by atoms with van der Waals surface area (Å²) >= 11 is 0. The molecule has 1 aliphatic heterocycles. The first kappa shape index (κ1) is 15.4. The van der Waals surface area contributed by atoms with Crippen LogP contribution in [0.5, 0.6) is 0 Å². The lowest BCUT2D eigenvalue weighted by molar-refractivity contribution is -0.880. The summed E-state index contributed by atoms with van der Waals surface area (Å²) < 4.78 is 1.25. The topological polar surface area (TPSA) is 0 Å². The van der Waals surface area contributed by atoms with Crippen molar-refractivity contribution in [2.75, 3.05) is 27.2 Å². The van der Waals surface area contributed by atoms with E-state index >= 15 is 0 Å². The van der Waals surface area contributed by atoms with Crippen molar-refractivity contribution in [1.82, 2.24) is 0 Å². The first-order valence-electron chi connectivity index (χ1n) is 4.91. The average molecular weight is 188 g/mol. The lowest BCUT2D eigenvalue weighted by Crippen LogP contribution is -2.36. The zero-order valence-corrected chi connectivity index (χ0v) is 8.43. The number of hydrogen-bond acceptors (Lipinski definition) is 0. The van der Waals surface area contributed by atoms with Gasteiger partial charge in [0.05, 0.1) is 27.2 Å². The first-order chi connectivity index (χ1) is 5.09. The number of hydrogen-bond donors (Lipinski definition) is 0. The van der Waals surface area contributed by atoms with Crippen LogP contribution in [0.1, 0.15) is 41.5 Å². The van der Waals surface area contributed by atoms with E-state index < -0.39 is 0 Å². The van der Waals surface area contributed by atoms with Crippen molar-refractivity contribution in [2.45, 2.75) is 41.5 Å². The molecule has 1 nitrogen and oxygen atoms in total. The largest absolute Gasteiger partial charge is 0.328 e. The molecule has 1 heterocycles. The highest BCUT2D eigenvalue weighted by atomic mass is 15.3. The molecule has 0 aromatic rings. The Labute approximate surface area is 85.7 Å². The van der Waals surface area contributed by atoms with Gasteiger partial charge in [-0.15, -0.1) is 0 Å². The molecule has 13 heavy (non-hydrogen) atoms. The summed E-state index contributed by atoms with van der Waals surface area (Å²) in [4.78, 5) is 0. The summed E-state index contributed by atoms with van der Waals surface area (Å²) in [6, 6.07) is 0. The molecule has 0 N–H and O–H groups in total. The van der Waals surface area contributed by atoms with Gasteiger partial charge in [0.1, 0.15) is 0 Å². The van der Waals surface area contributed by atoms with E-state index in [1.165, 1.54) is 30.4 Å². The van der Waals surface area contributed by atoms with E-state index in [4.69, 9.17) is 0 Å². The SMILES string of the molecule is C.C.CCC1C[N+](C)(C)CC1CC. The van der Waals surface area contributed by atoms with E-state index in [2.05, 4.69) is 27.9 Å². The van der Waals surface area contributed by atoms with Crippen LogP contribution < -0.4 is 0 Å². The zero-order valence-electron chi connectivity index (χ0n) is 8.43. The number of nitrogens with zero attached hydrogens (tertiary/aromatic N) is 1. The molecule has 82 valence electrons. The highest BCUT2D eigenvalue weighted by Crippen LogP contribution is 2.30. The van der Waals surface area contributed by atoms with Crippen molar-refractivity contribution in [2.24, 2.45) is 11.8 Å². The molecule has 0 aromatic heterocycles. The molecule has 0 radical (unpaired) electrons. The van der Waals surface area contributed by atoms with Gasteiger partial charge >= 0.3 is 0 Å². The number of likely N-dealkylation sites (tertiary alicyclic amines) is 1. The van der Waals surface area contributed by atoms with Crippen molar-refractivity contribution in [1.29, 1.82) is 0 Å². The number of rotatable bonds is 2. The Kier molecular flexibility index (Phi) is 6.70. The van der Waals surface area contributed by atoms with Crippen molar-refractivity contribution in [3.8, 4) is 0 Å². The highest BCUT2D eigenvalue weighted by molar-refractivity contribution is 4.73. The van der Waals surface area contributed by atoms with Crippen LogP contribution in [0.2, 0.25) is 0 Å². The highest BCUT2D eigenvalue weighted by Gasteiger charge is 2.37. The van der Waals surface area contributed by atoms with Gasteiger partial charge in [-0.1, -0.05) is 28.7 Å². The van der Waals surface area contributed by atoms with Gasteiger partial charge in [0.2, 0.25) is 0 Å². The van der Waals surface area contributed by atoms with Gasteiger partial charge in [0, 0.05) is 11.8 Å². The fourth-order valence-electron chi connectivity index (χ4n) is 2.57. The lowest BCUT2D eigenvalue weighted by Gasteiger charge is -2.23. The molecule has 0 aromatic carbocycles. The average Bonchev–Trinajstić information content (AvgIpc) is 2.25. The van der Waals surface area contributed by atoms with E-state index in [1.54, 1.807) is 0 Å². The summed E-state index contributed by atoms with van der Waals surface area (Å²) in [7, 11) is 4.72. The Morgan fingerprint density at radius 2 is 1.23 bits per heavy atom. The third-order valence-electron chi connectivity index (χ3n) is 3.17. The standard InChI is InChI=1S/C10H22N.2CH4/c1-5-9-7-11(3,4)8-10(9)6-2;;/h9-10H,5-8H2,1-4H3;2*1H4/q+1;;. The van der Waals surface area contributed by atoms with E-state index in [0.29, 0.717) is 0 Å². The molecule has 0 amide bonds. The van der Waals surface area contributed by atoms with Crippen LogP contribution in [0, 0.1) is 11.8 Å². The van der Waals surface area contributed by atoms with Crippen LogP contribution in [0.15, 0.2) is 0 Å². The van der Waals surface area contributed by atoms with Crippen LogP contribution in [0.25, 0.3) is 0 Å². The zero-order chi connectivity index (χ0) is 8.48. The molecular formula is C12H30N+. The molecule has 0 bridgehead atoms. The molecule has 0 saturated carbocycles. The fraction of sp³-hybridized carbons (Fsp3) is 1.00. The molecule has 1 heteroatoms. The minimum absolute atomic E-state index is 0. The second-order valence-corrected chi connectivity index (χ2v) is 4.64. The molecule has 0 aliphatic carbocycles. The Balaban J connectivity index is 0.